The summed E-state index contributed by atoms with van der Waals surface area (Å²) in [5, 5.41) is 12.9. The number of nitrogens with zero attached hydrogens (tertiary/aromatic N) is 1. The maximum Gasteiger partial charge on any atom is 0.312 e. The van der Waals surface area contributed by atoms with Crippen LogP contribution in [-0.2, 0) is 9.53 Å². The largest absolute Gasteiger partial charge is 0.466 e. The average molecular weight is 257 g/mol. The molecule has 0 spiro atoms. The topological polar surface area (TPSA) is 59.4 Å². The third-order valence-electron chi connectivity index (χ3n) is 2.56. The van der Waals surface area contributed by atoms with Gasteiger partial charge in [-0.15, -0.1) is 11.3 Å². The summed E-state index contributed by atoms with van der Waals surface area (Å²) in [7, 11) is 0. The minimum atomic E-state index is -0.890. The molecule has 96 valence electrons. The zero-order valence-electron chi connectivity index (χ0n) is 10.6. The second kappa shape index (κ2) is 6.12. The van der Waals surface area contributed by atoms with Gasteiger partial charge in [0.05, 0.1) is 23.2 Å². The number of aliphatic hydroxyl groups is 1. The van der Waals surface area contributed by atoms with Crippen LogP contribution in [0.3, 0.4) is 0 Å². The van der Waals surface area contributed by atoms with Gasteiger partial charge in [0.2, 0.25) is 0 Å². The van der Waals surface area contributed by atoms with E-state index in [4.69, 9.17) is 4.74 Å². The van der Waals surface area contributed by atoms with Crippen molar-refractivity contribution in [3.05, 3.63) is 16.1 Å². The number of rotatable bonds is 5. The predicted octanol–water partition coefficient (Wildman–Crippen LogP) is 2.32. The van der Waals surface area contributed by atoms with Gasteiger partial charge in [-0.05, 0) is 19.8 Å². The molecule has 1 aromatic rings. The maximum absolute atomic E-state index is 11.8. The third kappa shape index (κ3) is 3.51. The van der Waals surface area contributed by atoms with Gasteiger partial charge in [-0.2, -0.15) is 0 Å². The molecule has 0 aliphatic rings. The molecule has 0 saturated heterocycles. The van der Waals surface area contributed by atoms with E-state index >= 15 is 0 Å². The van der Waals surface area contributed by atoms with Crippen LogP contribution < -0.4 is 0 Å². The van der Waals surface area contributed by atoms with Crippen molar-refractivity contribution in [1.29, 1.82) is 0 Å². The molecule has 0 radical (unpaired) electrons. The van der Waals surface area contributed by atoms with Gasteiger partial charge in [-0.25, -0.2) is 4.98 Å². The summed E-state index contributed by atoms with van der Waals surface area (Å²) in [6, 6.07) is 0. The number of aryl methyl sites for hydroxylation is 1. The quantitative estimate of drug-likeness (QED) is 0.822. The van der Waals surface area contributed by atoms with Gasteiger partial charge >= 0.3 is 5.97 Å². The number of aromatic nitrogens is 1. The fourth-order valence-corrected chi connectivity index (χ4v) is 2.35. The predicted molar refractivity (Wildman–Crippen MR) is 66.8 cm³/mol. The molecule has 1 aromatic heterocycles. The molecule has 2 unspecified atom stereocenters. The molecule has 0 amide bonds. The number of esters is 1. The van der Waals surface area contributed by atoms with Crippen LogP contribution in [-0.4, -0.2) is 22.7 Å². The van der Waals surface area contributed by atoms with Crippen molar-refractivity contribution in [3.63, 3.8) is 0 Å². The van der Waals surface area contributed by atoms with Gasteiger partial charge in [0, 0.05) is 5.38 Å². The van der Waals surface area contributed by atoms with Crippen LogP contribution in [0.15, 0.2) is 5.38 Å². The van der Waals surface area contributed by atoms with Crippen molar-refractivity contribution in [2.75, 3.05) is 6.61 Å². The van der Waals surface area contributed by atoms with Crippen molar-refractivity contribution >= 4 is 17.3 Å². The van der Waals surface area contributed by atoms with Crippen LogP contribution in [0.5, 0.6) is 0 Å². The maximum atomic E-state index is 11.8. The zero-order chi connectivity index (χ0) is 13.0. The van der Waals surface area contributed by atoms with E-state index in [1.807, 2.05) is 20.8 Å². The van der Waals surface area contributed by atoms with Crippen LogP contribution in [0.1, 0.15) is 37.6 Å². The molecule has 1 rings (SSSR count). The first-order valence-electron chi connectivity index (χ1n) is 5.74. The summed E-state index contributed by atoms with van der Waals surface area (Å²) in [6.45, 7) is 7.74. The molecule has 2 atom stereocenters. The fraction of sp³-hybridized carbons (Fsp3) is 0.667. The molecule has 4 nitrogen and oxygen atoms in total. The Balaban J connectivity index is 2.87. The molecule has 0 saturated carbocycles. The molecule has 0 aliphatic heterocycles. The highest BCUT2D eigenvalue weighted by Gasteiger charge is 2.33. The molecule has 5 heteroatoms. The summed E-state index contributed by atoms with van der Waals surface area (Å²) in [6.07, 6.45) is -0.890. The van der Waals surface area contributed by atoms with Gasteiger partial charge < -0.3 is 9.84 Å². The Morgan fingerprint density at radius 3 is 2.65 bits per heavy atom. The number of ether oxygens (including phenoxy) is 1. The number of aliphatic hydroxyl groups excluding tert-OH is 1. The second-order valence-corrected chi connectivity index (χ2v) is 5.32. The Hall–Kier alpha value is -0.940. The standard InChI is InChI=1S/C12H19NO3S/c1-5-16-12(15)10(7(2)3)11(14)9-6-17-8(4)13-9/h6-7,10-11,14H,5H2,1-4H3. The number of carbonyl (C=O) groups is 1. The lowest BCUT2D eigenvalue weighted by Crippen LogP contribution is -2.29. The van der Waals surface area contributed by atoms with E-state index in [0.717, 1.165) is 5.01 Å². The molecule has 0 aliphatic carbocycles. The molecule has 1 N–H and O–H groups in total. The smallest absolute Gasteiger partial charge is 0.312 e. The summed E-state index contributed by atoms with van der Waals surface area (Å²) in [5.41, 5.74) is 0.555. The SMILES string of the molecule is CCOC(=O)C(C(C)C)C(O)c1csc(C)n1. The van der Waals surface area contributed by atoms with Crippen molar-refractivity contribution in [3.8, 4) is 0 Å². The Morgan fingerprint density at radius 1 is 1.59 bits per heavy atom. The van der Waals surface area contributed by atoms with E-state index in [9.17, 15) is 9.90 Å². The number of hydrogen-bond acceptors (Lipinski definition) is 5. The van der Waals surface area contributed by atoms with Crippen LogP contribution in [0, 0.1) is 18.8 Å². The van der Waals surface area contributed by atoms with E-state index in [1.54, 1.807) is 12.3 Å². The number of carbonyl (C=O) groups excluding carboxylic acids is 1. The van der Waals surface area contributed by atoms with Crippen LogP contribution in [0.25, 0.3) is 0 Å². The normalized spacial score (nSPS) is 14.7. The lowest BCUT2D eigenvalue weighted by atomic mass is 9.89. The number of hydrogen-bond donors (Lipinski definition) is 1. The summed E-state index contributed by atoms with van der Waals surface area (Å²) in [5.74, 6) is -0.914. The molecule has 17 heavy (non-hydrogen) atoms. The van der Waals surface area contributed by atoms with E-state index in [1.165, 1.54) is 11.3 Å². The van der Waals surface area contributed by atoms with Crippen molar-refractivity contribution in [2.45, 2.75) is 33.8 Å². The highest BCUT2D eigenvalue weighted by Crippen LogP contribution is 2.29. The first kappa shape index (κ1) is 14.1. The highest BCUT2D eigenvalue weighted by atomic mass is 32.1. The number of thiazole rings is 1. The minimum absolute atomic E-state index is 0.00561. The minimum Gasteiger partial charge on any atom is -0.466 e. The Morgan fingerprint density at radius 2 is 2.24 bits per heavy atom. The summed E-state index contributed by atoms with van der Waals surface area (Å²) in [4.78, 5) is 16.0. The summed E-state index contributed by atoms with van der Waals surface area (Å²) < 4.78 is 4.99. The lowest BCUT2D eigenvalue weighted by Gasteiger charge is -2.23. The molecular formula is C12H19NO3S. The first-order chi connectivity index (χ1) is 7.97. The highest BCUT2D eigenvalue weighted by molar-refractivity contribution is 7.09. The molecule has 0 fully saturated rings. The summed E-state index contributed by atoms with van der Waals surface area (Å²) >= 11 is 1.46. The molecule has 1 heterocycles. The van der Waals surface area contributed by atoms with Gasteiger partial charge in [0.25, 0.3) is 0 Å². The molecule has 0 bridgehead atoms. The van der Waals surface area contributed by atoms with E-state index in [-0.39, 0.29) is 11.9 Å². The Bertz CT molecular complexity index is 376. The van der Waals surface area contributed by atoms with Gasteiger partial charge in [0.1, 0.15) is 6.10 Å². The van der Waals surface area contributed by atoms with Crippen LogP contribution >= 0.6 is 11.3 Å². The first-order valence-corrected chi connectivity index (χ1v) is 6.62. The van der Waals surface area contributed by atoms with E-state index < -0.39 is 12.0 Å². The van der Waals surface area contributed by atoms with Gasteiger partial charge in [0.15, 0.2) is 0 Å². The average Bonchev–Trinajstić information content (AvgIpc) is 2.64. The monoisotopic (exact) mass is 257 g/mol. The van der Waals surface area contributed by atoms with Gasteiger partial charge in [-0.1, -0.05) is 13.8 Å². The van der Waals surface area contributed by atoms with Crippen molar-refractivity contribution < 1.29 is 14.6 Å². The van der Waals surface area contributed by atoms with Crippen LogP contribution in [0.4, 0.5) is 0 Å². The van der Waals surface area contributed by atoms with Crippen molar-refractivity contribution in [1.82, 2.24) is 4.98 Å². The van der Waals surface area contributed by atoms with Gasteiger partial charge in [-0.3, -0.25) is 4.79 Å². The second-order valence-electron chi connectivity index (χ2n) is 4.26. The van der Waals surface area contributed by atoms with Crippen molar-refractivity contribution in [2.24, 2.45) is 11.8 Å². The van der Waals surface area contributed by atoms with Crippen LogP contribution in [0.2, 0.25) is 0 Å². The lowest BCUT2D eigenvalue weighted by molar-refractivity contribution is -0.154. The third-order valence-corrected chi connectivity index (χ3v) is 3.35. The van der Waals surface area contributed by atoms with E-state index in [0.29, 0.717) is 12.3 Å². The molecule has 0 aromatic carbocycles. The fourth-order valence-electron chi connectivity index (χ4n) is 1.70. The zero-order valence-corrected chi connectivity index (χ0v) is 11.5. The Labute approximate surface area is 106 Å². The molecular weight excluding hydrogens is 238 g/mol. The Kier molecular flexibility index (Phi) is 5.08. The van der Waals surface area contributed by atoms with E-state index in [2.05, 4.69) is 4.98 Å².